The molecule has 1 amide bonds. The van der Waals surface area contributed by atoms with Crippen LogP contribution >= 0.6 is 11.6 Å². The highest BCUT2D eigenvalue weighted by atomic mass is 35.5. The Kier molecular flexibility index (Phi) is 4.77. The Balaban J connectivity index is 1.57. The van der Waals surface area contributed by atoms with Gasteiger partial charge in [-0.2, -0.15) is 0 Å². The zero-order valence-corrected chi connectivity index (χ0v) is 16.4. The molecule has 154 valence electrons. The molecule has 0 aliphatic carbocycles. The first-order chi connectivity index (χ1) is 14.1. The number of nitrogens with zero attached hydrogens (tertiary/aromatic N) is 2. The van der Waals surface area contributed by atoms with Gasteiger partial charge in [-0.25, -0.2) is 9.37 Å². The van der Waals surface area contributed by atoms with E-state index in [0.29, 0.717) is 11.1 Å². The van der Waals surface area contributed by atoms with E-state index in [2.05, 4.69) is 24.8 Å². The number of fused-ring (bicyclic) bond motifs is 1. The number of carbonyl (C=O) groups excluding carboxylic acids is 1. The van der Waals surface area contributed by atoms with Gasteiger partial charge in [0.2, 0.25) is 0 Å². The Hall–Kier alpha value is -3.33. The number of hydrogen-bond acceptors (Lipinski definition) is 5. The Morgan fingerprint density at radius 1 is 1.07 bits per heavy atom. The number of ether oxygens (including phenoxy) is 2. The third-order valence-corrected chi connectivity index (χ3v) is 4.63. The number of nitrogens with one attached hydrogen (secondary N) is 1. The SMILES string of the molecule is Cc1cc(C)c(C(=O)Nc2cnc(-c3cc4c(cc3Cl)OC(F)(F)O4)cn2)c(F)c1. The number of aryl methyl sites for hydroxylation is 2. The fourth-order valence-electron chi connectivity index (χ4n) is 3.08. The lowest BCUT2D eigenvalue weighted by Crippen LogP contribution is -2.25. The minimum atomic E-state index is -3.77. The lowest BCUT2D eigenvalue weighted by Gasteiger charge is -2.10. The summed E-state index contributed by atoms with van der Waals surface area (Å²) >= 11 is 6.13. The predicted octanol–water partition coefficient (Wildman–Crippen LogP) is 5.13. The van der Waals surface area contributed by atoms with Crippen molar-refractivity contribution in [2.45, 2.75) is 20.1 Å². The summed E-state index contributed by atoms with van der Waals surface area (Å²) < 4.78 is 49.4. The number of hydrogen-bond donors (Lipinski definition) is 1. The van der Waals surface area contributed by atoms with E-state index in [1.165, 1.54) is 30.6 Å². The number of carbonyl (C=O) groups is 1. The van der Waals surface area contributed by atoms with Gasteiger partial charge in [-0.1, -0.05) is 17.7 Å². The number of benzene rings is 2. The van der Waals surface area contributed by atoms with E-state index >= 15 is 0 Å². The third-order valence-electron chi connectivity index (χ3n) is 4.32. The highest BCUT2D eigenvalue weighted by Crippen LogP contribution is 2.45. The molecule has 2 aromatic carbocycles. The van der Waals surface area contributed by atoms with Crippen molar-refractivity contribution in [2.24, 2.45) is 0 Å². The van der Waals surface area contributed by atoms with Gasteiger partial charge in [0, 0.05) is 11.6 Å². The number of rotatable bonds is 3. The molecule has 0 fully saturated rings. The normalized spacial score (nSPS) is 13.9. The van der Waals surface area contributed by atoms with E-state index in [-0.39, 0.29) is 39.2 Å². The molecule has 0 saturated heterocycles. The average molecular weight is 436 g/mol. The number of amides is 1. The summed E-state index contributed by atoms with van der Waals surface area (Å²) in [6, 6.07) is 5.40. The molecule has 6 nitrogen and oxygen atoms in total. The van der Waals surface area contributed by atoms with E-state index in [0.717, 1.165) is 0 Å². The molecule has 4 rings (SSSR count). The smallest absolute Gasteiger partial charge is 0.395 e. The molecule has 1 aliphatic heterocycles. The van der Waals surface area contributed by atoms with Crippen LogP contribution in [0.2, 0.25) is 5.02 Å². The van der Waals surface area contributed by atoms with Crippen molar-refractivity contribution in [3.8, 4) is 22.8 Å². The van der Waals surface area contributed by atoms with Crippen molar-refractivity contribution in [1.82, 2.24) is 9.97 Å². The molecule has 0 radical (unpaired) electrons. The first-order valence-corrected chi connectivity index (χ1v) is 9.00. The maximum absolute atomic E-state index is 14.2. The lowest BCUT2D eigenvalue weighted by atomic mass is 10.0. The van der Waals surface area contributed by atoms with Crippen LogP contribution in [0.3, 0.4) is 0 Å². The highest BCUT2D eigenvalue weighted by Gasteiger charge is 2.43. The first kappa shape index (κ1) is 20.0. The minimum absolute atomic E-state index is 0.0755. The summed E-state index contributed by atoms with van der Waals surface area (Å²) in [7, 11) is 0. The lowest BCUT2D eigenvalue weighted by molar-refractivity contribution is -0.286. The Morgan fingerprint density at radius 2 is 1.77 bits per heavy atom. The van der Waals surface area contributed by atoms with E-state index in [4.69, 9.17) is 11.6 Å². The van der Waals surface area contributed by atoms with Gasteiger partial charge in [0.05, 0.1) is 28.7 Å². The van der Waals surface area contributed by atoms with Gasteiger partial charge < -0.3 is 14.8 Å². The molecular weight excluding hydrogens is 423 g/mol. The molecule has 0 atom stereocenters. The number of aromatic nitrogens is 2. The van der Waals surface area contributed by atoms with Gasteiger partial charge >= 0.3 is 6.29 Å². The first-order valence-electron chi connectivity index (χ1n) is 8.63. The molecule has 0 saturated carbocycles. The molecular formula is C20H13ClF3N3O3. The van der Waals surface area contributed by atoms with E-state index < -0.39 is 18.0 Å². The van der Waals surface area contributed by atoms with Gasteiger partial charge in [0.15, 0.2) is 17.3 Å². The van der Waals surface area contributed by atoms with Crippen molar-refractivity contribution in [3.05, 3.63) is 64.2 Å². The Morgan fingerprint density at radius 3 is 2.40 bits per heavy atom. The minimum Gasteiger partial charge on any atom is -0.395 e. The van der Waals surface area contributed by atoms with Gasteiger partial charge in [-0.05, 0) is 37.1 Å². The molecule has 2 heterocycles. The molecule has 3 aromatic rings. The van der Waals surface area contributed by atoms with Gasteiger partial charge in [-0.15, -0.1) is 8.78 Å². The van der Waals surface area contributed by atoms with E-state index in [9.17, 15) is 18.0 Å². The molecule has 10 heteroatoms. The predicted molar refractivity (Wildman–Crippen MR) is 103 cm³/mol. The molecule has 1 N–H and O–H groups in total. The topological polar surface area (TPSA) is 73.3 Å². The second-order valence-corrected chi connectivity index (χ2v) is 7.03. The number of alkyl halides is 2. The second kappa shape index (κ2) is 7.17. The second-order valence-electron chi connectivity index (χ2n) is 6.63. The Labute approximate surface area is 173 Å². The quantitative estimate of drug-likeness (QED) is 0.617. The number of halogens is 4. The van der Waals surface area contributed by atoms with Crippen LogP contribution in [0.25, 0.3) is 11.3 Å². The standard InChI is InChI=1S/C20H13ClF3N3O3/c1-9-3-10(2)18(13(22)4-9)19(28)27-17-8-25-14(7-26-17)11-5-15-16(6-12(11)21)30-20(23,24)29-15/h3-8H,1-2H3,(H,26,27,28). The van der Waals surface area contributed by atoms with Crippen LogP contribution in [0.1, 0.15) is 21.5 Å². The fraction of sp³-hybridized carbons (Fsp3) is 0.150. The van der Waals surface area contributed by atoms with Crippen molar-refractivity contribution in [2.75, 3.05) is 5.32 Å². The van der Waals surface area contributed by atoms with E-state index in [1.54, 1.807) is 19.9 Å². The highest BCUT2D eigenvalue weighted by molar-refractivity contribution is 6.33. The van der Waals surface area contributed by atoms with Gasteiger partial charge in [-0.3, -0.25) is 9.78 Å². The average Bonchev–Trinajstić information content (AvgIpc) is 2.93. The van der Waals surface area contributed by atoms with Crippen LogP contribution in [0.4, 0.5) is 19.0 Å². The third kappa shape index (κ3) is 3.76. The summed E-state index contributed by atoms with van der Waals surface area (Å²) in [6.07, 6.45) is -1.24. The van der Waals surface area contributed by atoms with Gasteiger partial charge in [0.1, 0.15) is 5.82 Å². The molecule has 0 bridgehead atoms. The molecule has 30 heavy (non-hydrogen) atoms. The van der Waals surface area contributed by atoms with Crippen LogP contribution < -0.4 is 14.8 Å². The van der Waals surface area contributed by atoms with Crippen molar-refractivity contribution < 1.29 is 27.4 Å². The summed E-state index contributed by atoms with van der Waals surface area (Å²) in [5, 5.41) is 2.57. The van der Waals surface area contributed by atoms with Crippen LogP contribution in [0, 0.1) is 19.7 Å². The molecule has 0 unspecified atom stereocenters. The summed E-state index contributed by atoms with van der Waals surface area (Å²) in [5.41, 5.74) is 1.62. The van der Waals surface area contributed by atoms with Crippen LogP contribution in [-0.2, 0) is 0 Å². The van der Waals surface area contributed by atoms with Crippen LogP contribution in [0.15, 0.2) is 36.7 Å². The fourth-order valence-corrected chi connectivity index (χ4v) is 3.33. The molecule has 0 spiro atoms. The summed E-state index contributed by atoms with van der Waals surface area (Å²) in [4.78, 5) is 20.6. The summed E-state index contributed by atoms with van der Waals surface area (Å²) in [5.74, 6) is -1.62. The largest absolute Gasteiger partial charge is 0.586 e. The Bertz CT molecular complexity index is 1150. The zero-order chi connectivity index (χ0) is 21.6. The maximum atomic E-state index is 14.2. The van der Waals surface area contributed by atoms with Crippen molar-refractivity contribution in [3.63, 3.8) is 0 Å². The van der Waals surface area contributed by atoms with Crippen LogP contribution in [-0.4, -0.2) is 22.2 Å². The van der Waals surface area contributed by atoms with Crippen LogP contribution in [0.5, 0.6) is 11.5 Å². The molecule has 1 aromatic heterocycles. The zero-order valence-electron chi connectivity index (χ0n) is 15.6. The summed E-state index contributed by atoms with van der Waals surface area (Å²) in [6.45, 7) is 3.36. The van der Waals surface area contributed by atoms with Crippen molar-refractivity contribution in [1.29, 1.82) is 0 Å². The monoisotopic (exact) mass is 435 g/mol. The molecule has 1 aliphatic rings. The van der Waals surface area contributed by atoms with Gasteiger partial charge in [0.25, 0.3) is 5.91 Å². The van der Waals surface area contributed by atoms with E-state index in [1.807, 2.05) is 0 Å². The van der Waals surface area contributed by atoms with Crippen molar-refractivity contribution >= 4 is 23.3 Å². The number of anilines is 1. The maximum Gasteiger partial charge on any atom is 0.586 e.